The van der Waals surface area contributed by atoms with E-state index in [0.29, 0.717) is 36.1 Å². The standard InChI is InChI=1S/C16H16N6O3S/c1-20-13(23)3-2-12(18-20)15(24)21-7-4-10(5-8-21)22-16(25)14-11(17-19-22)6-9-26-14/h2-3,6,9-10H,4-5,7-8H2,1H3. The predicted octanol–water partition coefficient (Wildman–Crippen LogP) is 0.424. The molecule has 0 bridgehead atoms. The lowest BCUT2D eigenvalue weighted by molar-refractivity contribution is 0.0678. The summed E-state index contributed by atoms with van der Waals surface area (Å²) in [5.74, 6) is -0.216. The van der Waals surface area contributed by atoms with E-state index < -0.39 is 0 Å². The summed E-state index contributed by atoms with van der Waals surface area (Å²) in [5.41, 5.74) is 0.462. The minimum atomic E-state index is -0.262. The first-order valence-electron chi connectivity index (χ1n) is 8.21. The van der Waals surface area contributed by atoms with Crippen LogP contribution in [0.15, 0.2) is 33.2 Å². The third-order valence-corrected chi connectivity index (χ3v) is 5.46. The Hall–Kier alpha value is -2.88. The molecular weight excluding hydrogens is 356 g/mol. The summed E-state index contributed by atoms with van der Waals surface area (Å²) in [6.45, 7) is 0.981. The summed E-state index contributed by atoms with van der Waals surface area (Å²) < 4.78 is 3.18. The highest BCUT2D eigenvalue weighted by molar-refractivity contribution is 7.17. The van der Waals surface area contributed by atoms with Crippen molar-refractivity contribution in [2.24, 2.45) is 7.05 Å². The fourth-order valence-electron chi connectivity index (χ4n) is 3.11. The first-order valence-corrected chi connectivity index (χ1v) is 9.09. The smallest absolute Gasteiger partial charge is 0.287 e. The van der Waals surface area contributed by atoms with Crippen LogP contribution in [0.4, 0.5) is 0 Å². The second-order valence-corrected chi connectivity index (χ2v) is 7.09. The molecule has 0 saturated carbocycles. The minimum absolute atomic E-state index is 0.0846. The molecule has 3 aromatic heterocycles. The van der Waals surface area contributed by atoms with Crippen molar-refractivity contribution in [3.8, 4) is 0 Å². The van der Waals surface area contributed by atoms with Gasteiger partial charge in [-0.3, -0.25) is 14.4 Å². The van der Waals surface area contributed by atoms with Crippen molar-refractivity contribution in [3.05, 3.63) is 50.0 Å². The Balaban J connectivity index is 1.50. The second-order valence-electron chi connectivity index (χ2n) is 6.18. The summed E-state index contributed by atoms with van der Waals surface area (Å²) >= 11 is 1.36. The van der Waals surface area contributed by atoms with Crippen LogP contribution in [0.3, 0.4) is 0 Å². The average molecular weight is 372 g/mol. The van der Waals surface area contributed by atoms with Gasteiger partial charge in [-0.1, -0.05) is 5.21 Å². The summed E-state index contributed by atoms with van der Waals surface area (Å²) in [5, 5.41) is 14.0. The maximum Gasteiger partial charge on any atom is 0.287 e. The molecule has 0 unspecified atom stereocenters. The molecule has 134 valence electrons. The van der Waals surface area contributed by atoms with Crippen LogP contribution in [0.25, 0.3) is 10.2 Å². The summed E-state index contributed by atoms with van der Waals surface area (Å²) in [6, 6.07) is 4.47. The van der Waals surface area contributed by atoms with Crippen LogP contribution in [0.1, 0.15) is 29.4 Å². The lowest BCUT2D eigenvalue weighted by Gasteiger charge is -2.31. The van der Waals surface area contributed by atoms with Crippen LogP contribution in [-0.2, 0) is 7.05 Å². The lowest BCUT2D eigenvalue weighted by Crippen LogP contribution is -2.42. The highest BCUT2D eigenvalue weighted by Gasteiger charge is 2.27. The number of aryl methyl sites for hydroxylation is 1. The van der Waals surface area contributed by atoms with Crippen LogP contribution >= 0.6 is 11.3 Å². The van der Waals surface area contributed by atoms with Gasteiger partial charge in [-0.25, -0.2) is 9.36 Å². The first kappa shape index (κ1) is 16.6. The number of nitrogens with zero attached hydrogens (tertiary/aromatic N) is 6. The van der Waals surface area contributed by atoms with Crippen molar-refractivity contribution in [2.75, 3.05) is 13.1 Å². The fraction of sp³-hybridized carbons (Fsp3) is 0.375. The van der Waals surface area contributed by atoms with Gasteiger partial charge in [0.1, 0.15) is 15.9 Å². The van der Waals surface area contributed by atoms with E-state index in [2.05, 4.69) is 15.4 Å². The molecule has 1 saturated heterocycles. The van der Waals surface area contributed by atoms with Crippen molar-refractivity contribution in [1.29, 1.82) is 0 Å². The molecule has 9 nitrogen and oxygen atoms in total. The molecule has 0 atom stereocenters. The van der Waals surface area contributed by atoms with E-state index in [1.54, 1.807) is 11.0 Å². The minimum Gasteiger partial charge on any atom is -0.337 e. The van der Waals surface area contributed by atoms with E-state index in [9.17, 15) is 14.4 Å². The van der Waals surface area contributed by atoms with Gasteiger partial charge in [-0.15, -0.1) is 16.4 Å². The maximum absolute atomic E-state index is 12.6. The number of thiophene rings is 1. The molecule has 1 aliphatic heterocycles. The van der Waals surface area contributed by atoms with Gasteiger partial charge in [0, 0.05) is 26.2 Å². The molecule has 26 heavy (non-hydrogen) atoms. The zero-order valence-electron chi connectivity index (χ0n) is 14.0. The number of carbonyl (C=O) groups excluding carboxylic acids is 1. The van der Waals surface area contributed by atoms with E-state index in [0.717, 1.165) is 4.68 Å². The van der Waals surface area contributed by atoms with Gasteiger partial charge in [-0.2, -0.15) is 5.10 Å². The number of amides is 1. The number of piperidine rings is 1. The third-order valence-electron chi connectivity index (χ3n) is 4.57. The Labute approximate surface area is 151 Å². The van der Waals surface area contributed by atoms with E-state index >= 15 is 0 Å². The van der Waals surface area contributed by atoms with E-state index in [1.807, 2.05) is 5.38 Å². The maximum atomic E-state index is 12.6. The molecule has 0 radical (unpaired) electrons. The normalized spacial score (nSPS) is 15.5. The molecule has 0 N–H and O–H groups in total. The molecule has 1 aliphatic rings. The van der Waals surface area contributed by atoms with Gasteiger partial charge in [-0.05, 0) is 30.4 Å². The topological polar surface area (TPSA) is 103 Å². The van der Waals surface area contributed by atoms with Crippen LogP contribution in [0.2, 0.25) is 0 Å². The molecule has 4 heterocycles. The van der Waals surface area contributed by atoms with Gasteiger partial charge in [0.2, 0.25) is 0 Å². The van der Waals surface area contributed by atoms with Gasteiger partial charge in [0.05, 0.1) is 6.04 Å². The molecular formula is C16H16N6O3S. The first-order chi connectivity index (χ1) is 12.5. The Morgan fingerprint density at radius 3 is 2.69 bits per heavy atom. The Bertz CT molecular complexity index is 1090. The molecule has 1 amide bonds. The zero-order valence-corrected chi connectivity index (χ0v) is 14.8. The number of aromatic nitrogens is 5. The molecule has 0 aliphatic carbocycles. The lowest BCUT2D eigenvalue weighted by atomic mass is 10.0. The Morgan fingerprint density at radius 1 is 1.19 bits per heavy atom. The van der Waals surface area contributed by atoms with Crippen LogP contribution in [0.5, 0.6) is 0 Å². The molecule has 0 aromatic carbocycles. The number of likely N-dealkylation sites (tertiary alicyclic amines) is 1. The number of hydrogen-bond donors (Lipinski definition) is 0. The quantitative estimate of drug-likeness (QED) is 0.646. The van der Waals surface area contributed by atoms with E-state index in [-0.39, 0.29) is 28.8 Å². The summed E-state index contributed by atoms with van der Waals surface area (Å²) in [7, 11) is 1.51. The van der Waals surface area contributed by atoms with Crippen LogP contribution in [0, 0.1) is 0 Å². The van der Waals surface area contributed by atoms with Crippen molar-refractivity contribution in [3.63, 3.8) is 0 Å². The second kappa shape index (κ2) is 6.45. The largest absolute Gasteiger partial charge is 0.337 e. The summed E-state index contributed by atoms with van der Waals surface area (Å²) in [4.78, 5) is 38.2. The number of fused-ring (bicyclic) bond motifs is 1. The van der Waals surface area contributed by atoms with Crippen molar-refractivity contribution in [2.45, 2.75) is 18.9 Å². The fourth-order valence-corrected chi connectivity index (χ4v) is 3.87. The van der Waals surface area contributed by atoms with Crippen molar-refractivity contribution in [1.82, 2.24) is 29.7 Å². The van der Waals surface area contributed by atoms with Gasteiger partial charge in [0.15, 0.2) is 0 Å². The van der Waals surface area contributed by atoms with Crippen LogP contribution in [-0.4, -0.2) is 48.7 Å². The predicted molar refractivity (Wildman–Crippen MR) is 95.3 cm³/mol. The number of hydrogen-bond acceptors (Lipinski definition) is 7. The monoisotopic (exact) mass is 372 g/mol. The molecule has 0 spiro atoms. The van der Waals surface area contributed by atoms with Crippen molar-refractivity contribution < 1.29 is 4.79 Å². The molecule has 1 fully saturated rings. The van der Waals surface area contributed by atoms with Gasteiger partial charge < -0.3 is 4.90 Å². The van der Waals surface area contributed by atoms with E-state index in [4.69, 9.17) is 0 Å². The molecule has 10 heteroatoms. The molecule has 3 aromatic rings. The SMILES string of the molecule is Cn1nc(C(=O)N2CCC(n3nnc4ccsc4c3=O)CC2)ccc1=O. The third kappa shape index (κ3) is 2.81. The van der Waals surface area contributed by atoms with Gasteiger partial charge in [0.25, 0.3) is 17.0 Å². The summed E-state index contributed by atoms with van der Waals surface area (Å²) in [6.07, 6.45) is 1.23. The Morgan fingerprint density at radius 2 is 1.96 bits per heavy atom. The Kier molecular flexibility index (Phi) is 4.11. The van der Waals surface area contributed by atoms with Crippen molar-refractivity contribution >= 4 is 27.5 Å². The van der Waals surface area contributed by atoms with Gasteiger partial charge >= 0.3 is 0 Å². The highest BCUT2D eigenvalue weighted by Crippen LogP contribution is 2.22. The van der Waals surface area contributed by atoms with E-state index in [1.165, 1.54) is 35.2 Å². The number of carbonyl (C=O) groups is 1. The molecule has 4 rings (SSSR count). The zero-order chi connectivity index (χ0) is 18.3. The van der Waals surface area contributed by atoms with Crippen LogP contribution < -0.4 is 11.1 Å². The average Bonchev–Trinajstić information content (AvgIpc) is 3.14. The highest BCUT2D eigenvalue weighted by atomic mass is 32.1. The number of rotatable bonds is 2.